The molecule has 0 saturated carbocycles. The van der Waals surface area contributed by atoms with Crippen molar-refractivity contribution in [2.75, 3.05) is 23.7 Å². The van der Waals surface area contributed by atoms with E-state index in [1.807, 2.05) is 35.7 Å². The van der Waals surface area contributed by atoms with Gasteiger partial charge in [-0.25, -0.2) is 4.98 Å². The van der Waals surface area contributed by atoms with Crippen molar-refractivity contribution in [2.45, 2.75) is 26.3 Å². The molecule has 7 heteroatoms. The molecule has 132 valence electrons. The maximum Gasteiger partial charge on any atom is 0.228 e. The van der Waals surface area contributed by atoms with Crippen molar-refractivity contribution in [1.29, 1.82) is 0 Å². The molecule has 1 aromatic heterocycles. The highest BCUT2D eigenvalue weighted by Gasteiger charge is 2.26. The number of para-hydroxylation sites is 1. The molecule has 1 saturated heterocycles. The summed E-state index contributed by atoms with van der Waals surface area (Å²) in [5.74, 6) is -0.0490. The van der Waals surface area contributed by atoms with Crippen LogP contribution in [0.15, 0.2) is 35.7 Å². The molecule has 25 heavy (non-hydrogen) atoms. The third kappa shape index (κ3) is 5.11. The lowest BCUT2D eigenvalue weighted by molar-refractivity contribution is -0.121. The van der Waals surface area contributed by atoms with E-state index in [9.17, 15) is 9.59 Å². The lowest BCUT2D eigenvalue weighted by Crippen LogP contribution is -2.40. The van der Waals surface area contributed by atoms with Gasteiger partial charge >= 0.3 is 0 Å². The molecule has 1 unspecified atom stereocenters. The molecule has 2 heterocycles. The Morgan fingerprint density at radius 1 is 1.28 bits per heavy atom. The van der Waals surface area contributed by atoms with Crippen molar-refractivity contribution in [2.24, 2.45) is 5.92 Å². The average molecular weight is 358 g/mol. The van der Waals surface area contributed by atoms with E-state index in [1.165, 1.54) is 18.3 Å². The maximum absolute atomic E-state index is 12.5. The van der Waals surface area contributed by atoms with Crippen LogP contribution in [0.25, 0.3) is 0 Å². The highest BCUT2D eigenvalue weighted by molar-refractivity contribution is 7.13. The van der Waals surface area contributed by atoms with Crippen LogP contribution < -0.4 is 10.6 Å². The number of piperidine rings is 1. The Bertz CT molecular complexity index is 732. The van der Waals surface area contributed by atoms with Gasteiger partial charge in [0, 0.05) is 31.1 Å². The van der Waals surface area contributed by atoms with Crippen LogP contribution in [-0.2, 0) is 16.1 Å². The number of aromatic nitrogens is 1. The van der Waals surface area contributed by atoms with Gasteiger partial charge in [-0.05, 0) is 31.5 Å². The third-order valence-electron chi connectivity index (χ3n) is 4.14. The molecule has 0 aliphatic carbocycles. The van der Waals surface area contributed by atoms with Crippen molar-refractivity contribution in [3.8, 4) is 0 Å². The molecule has 0 radical (unpaired) electrons. The Morgan fingerprint density at radius 2 is 2.08 bits per heavy atom. The van der Waals surface area contributed by atoms with Gasteiger partial charge in [-0.3, -0.25) is 14.5 Å². The van der Waals surface area contributed by atoms with Crippen molar-refractivity contribution < 1.29 is 9.59 Å². The van der Waals surface area contributed by atoms with Gasteiger partial charge in [-0.1, -0.05) is 18.2 Å². The molecule has 0 spiro atoms. The SMILES string of the molecule is CC(=O)Nc1nc(CN2CCCC(C(=O)Nc3ccccc3)C2)cs1. The summed E-state index contributed by atoms with van der Waals surface area (Å²) in [4.78, 5) is 30.3. The minimum Gasteiger partial charge on any atom is -0.326 e. The number of amides is 2. The zero-order valence-corrected chi connectivity index (χ0v) is 15.0. The van der Waals surface area contributed by atoms with E-state index in [1.54, 1.807) is 0 Å². The summed E-state index contributed by atoms with van der Waals surface area (Å²) in [7, 11) is 0. The zero-order valence-electron chi connectivity index (χ0n) is 14.2. The number of hydrogen-bond donors (Lipinski definition) is 2. The van der Waals surface area contributed by atoms with Gasteiger partial charge in [0.05, 0.1) is 11.6 Å². The number of rotatable bonds is 5. The summed E-state index contributed by atoms with van der Waals surface area (Å²) in [5, 5.41) is 8.28. The Hall–Kier alpha value is -2.25. The number of hydrogen-bond acceptors (Lipinski definition) is 5. The number of benzene rings is 1. The summed E-state index contributed by atoms with van der Waals surface area (Å²) in [6, 6.07) is 9.56. The molecule has 1 aliphatic rings. The molecule has 2 amide bonds. The summed E-state index contributed by atoms with van der Waals surface area (Å²) >= 11 is 1.43. The third-order valence-corrected chi connectivity index (χ3v) is 4.94. The molecule has 2 aromatic rings. The van der Waals surface area contributed by atoms with Gasteiger partial charge in [0.15, 0.2) is 5.13 Å². The van der Waals surface area contributed by atoms with E-state index in [2.05, 4.69) is 20.5 Å². The normalized spacial score (nSPS) is 17.9. The van der Waals surface area contributed by atoms with Crippen LogP contribution in [0.3, 0.4) is 0 Å². The molecular weight excluding hydrogens is 336 g/mol. The van der Waals surface area contributed by atoms with Crippen LogP contribution >= 0.6 is 11.3 Å². The first kappa shape index (κ1) is 17.6. The van der Waals surface area contributed by atoms with E-state index >= 15 is 0 Å². The fourth-order valence-electron chi connectivity index (χ4n) is 3.00. The van der Waals surface area contributed by atoms with Crippen LogP contribution in [0.4, 0.5) is 10.8 Å². The van der Waals surface area contributed by atoms with E-state index in [-0.39, 0.29) is 17.7 Å². The lowest BCUT2D eigenvalue weighted by atomic mass is 9.97. The van der Waals surface area contributed by atoms with Crippen LogP contribution in [-0.4, -0.2) is 34.8 Å². The second-order valence-corrected chi connectivity index (χ2v) is 7.11. The van der Waals surface area contributed by atoms with Crippen LogP contribution in [0, 0.1) is 5.92 Å². The minimum atomic E-state index is -0.114. The van der Waals surface area contributed by atoms with Crippen molar-refractivity contribution in [3.05, 3.63) is 41.4 Å². The Balaban J connectivity index is 1.54. The molecule has 6 nitrogen and oxygen atoms in total. The summed E-state index contributed by atoms with van der Waals surface area (Å²) in [5.41, 5.74) is 1.77. The lowest BCUT2D eigenvalue weighted by Gasteiger charge is -2.31. The van der Waals surface area contributed by atoms with Gasteiger partial charge in [-0.15, -0.1) is 11.3 Å². The van der Waals surface area contributed by atoms with E-state index in [4.69, 9.17) is 0 Å². The highest BCUT2D eigenvalue weighted by atomic mass is 32.1. The predicted octanol–water partition coefficient (Wildman–Crippen LogP) is 2.95. The average Bonchev–Trinajstić information content (AvgIpc) is 3.02. The Morgan fingerprint density at radius 3 is 2.84 bits per heavy atom. The van der Waals surface area contributed by atoms with Gasteiger partial charge < -0.3 is 10.6 Å². The van der Waals surface area contributed by atoms with Crippen LogP contribution in [0.5, 0.6) is 0 Å². The fourth-order valence-corrected chi connectivity index (χ4v) is 3.74. The van der Waals surface area contributed by atoms with E-state index in [0.29, 0.717) is 11.7 Å². The molecule has 1 aromatic carbocycles. The molecule has 3 rings (SSSR count). The van der Waals surface area contributed by atoms with Gasteiger partial charge in [-0.2, -0.15) is 0 Å². The second kappa shape index (κ2) is 8.22. The van der Waals surface area contributed by atoms with Crippen LogP contribution in [0.1, 0.15) is 25.5 Å². The largest absolute Gasteiger partial charge is 0.326 e. The Kier molecular flexibility index (Phi) is 5.78. The zero-order chi connectivity index (χ0) is 17.6. The first-order chi connectivity index (χ1) is 12.1. The van der Waals surface area contributed by atoms with Crippen LogP contribution in [0.2, 0.25) is 0 Å². The minimum absolute atomic E-state index is 0.0117. The van der Waals surface area contributed by atoms with Gasteiger partial charge in [0.25, 0.3) is 0 Å². The van der Waals surface area contributed by atoms with Gasteiger partial charge in [0.2, 0.25) is 11.8 Å². The first-order valence-electron chi connectivity index (χ1n) is 8.40. The number of nitrogens with zero attached hydrogens (tertiary/aromatic N) is 2. The molecule has 1 aliphatic heterocycles. The van der Waals surface area contributed by atoms with Crippen molar-refractivity contribution in [3.63, 3.8) is 0 Å². The van der Waals surface area contributed by atoms with Crippen molar-refractivity contribution >= 4 is 34.0 Å². The van der Waals surface area contributed by atoms with Crippen molar-refractivity contribution in [1.82, 2.24) is 9.88 Å². The number of anilines is 2. The number of nitrogens with one attached hydrogen (secondary N) is 2. The highest BCUT2D eigenvalue weighted by Crippen LogP contribution is 2.22. The smallest absolute Gasteiger partial charge is 0.228 e. The van der Waals surface area contributed by atoms with E-state index < -0.39 is 0 Å². The molecule has 2 N–H and O–H groups in total. The predicted molar refractivity (Wildman–Crippen MR) is 99.5 cm³/mol. The second-order valence-electron chi connectivity index (χ2n) is 6.25. The van der Waals surface area contributed by atoms with Gasteiger partial charge in [0.1, 0.15) is 0 Å². The maximum atomic E-state index is 12.5. The number of likely N-dealkylation sites (tertiary alicyclic amines) is 1. The molecule has 0 bridgehead atoms. The standard InChI is InChI=1S/C18H22N4O2S/c1-13(23)19-18-21-16(12-25-18)11-22-9-5-6-14(10-22)17(24)20-15-7-3-2-4-8-15/h2-4,7-8,12,14H,5-6,9-11H2,1H3,(H,20,24)(H,19,21,23). The quantitative estimate of drug-likeness (QED) is 0.862. The number of thiazole rings is 1. The number of carbonyl (C=O) groups excluding carboxylic acids is 2. The van der Waals surface area contributed by atoms with E-state index in [0.717, 1.165) is 37.3 Å². The fraction of sp³-hybridized carbons (Fsp3) is 0.389. The Labute approximate surface area is 151 Å². The number of carbonyl (C=O) groups is 2. The first-order valence-corrected chi connectivity index (χ1v) is 9.28. The monoisotopic (exact) mass is 358 g/mol. The molecule has 1 fully saturated rings. The summed E-state index contributed by atoms with van der Waals surface area (Å²) in [6.07, 6.45) is 1.90. The summed E-state index contributed by atoms with van der Waals surface area (Å²) < 4.78 is 0. The summed E-state index contributed by atoms with van der Waals surface area (Å²) in [6.45, 7) is 3.86. The molecular formula is C18H22N4O2S. The molecule has 1 atom stereocenters. The topological polar surface area (TPSA) is 74.3 Å².